The highest BCUT2D eigenvalue weighted by Gasteiger charge is 2.06. The highest BCUT2D eigenvalue weighted by atomic mass is 35.5. The minimum absolute atomic E-state index is 0.815. The third-order valence-electron chi connectivity index (χ3n) is 2.77. The van der Waals surface area contributed by atoms with Crippen LogP contribution in [-0.2, 0) is 6.54 Å². The fourth-order valence-corrected chi connectivity index (χ4v) is 3.11. The maximum atomic E-state index is 6.02. The number of thiophene rings is 1. The second-order valence-corrected chi connectivity index (χ2v) is 5.73. The van der Waals surface area contributed by atoms with Crippen LogP contribution < -0.4 is 5.73 Å². The van der Waals surface area contributed by atoms with Crippen LogP contribution >= 0.6 is 22.9 Å². The van der Waals surface area contributed by atoms with E-state index in [2.05, 4.69) is 29.0 Å². The zero-order valence-corrected chi connectivity index (χ0v) is 10.6. The number of aromatic nitrogens is 1. The van der Waals surface area contributed by atoms with Crippen LogP contribution in [0.1, 0.15) is 4.88 Å². The van der Waals surface area contributed by atoms with Crippen molar-refractivity contribution in [3.8, 4) is 0 Å². The number of nitrogens with two attached hydrogens (primary N) is 1. The molecule has 0 atom stereocenters. The largest absolute Gasteiger partial charge is 0.397 e. The quantitative estimate of drug-likeness (QED) is 0.696. The first-order chi connectivity index (χ1) is 8.24. The van der Waals surface area contributed by atoms with Crippen LogP contribution in [0, 0.1) is 0 Å². The van der Waals surface area contributed by atoms with Crippen LogP contribution in [-0.4, -0.2) is 4.57 Å². The van der Waals surface area contributed by atoms with Gasteiger partial charge in [-0.25, -0.2) is 0 Å². The molecule has 0 aliphatic rings. The molecule has 2 N–H and O–H groups in total. The van der Waals surface area contributed by atoms with Crippen molar-refractivity contribution in [1.82, 2.24) is 4.57 Å². The second kappa shape index (κ2) is 4.09. The van der Waals surface area contributed by atoms with Gasteiger partial charge in [-0.2, -0.15) is 0 Å². The van der Waals surface area contributed by atoms with Crippen LogP contribution in [0.3, 0.4) is 0 Å². The third-order valence-corrected chi connectivity index (χ3v) is 3.99. The van der Waals surface area contributed by atoms with E-state index < -0.39 is 0 Å². The van der Waals surface area contributed by atoms with Gasteiger partial charge in [0.25, 0.3) is 0 Å². The molecule has 0 radical (unpaired) electrons. The number of halogens is 1. The van der Waals surface area contributed by atoms with Gasteiger partial charge in [-0.1, -0.05) is 23.7 Å². The molecule has 86 valence electrons. The summed E-state index contributed by atoms with van der Waals surface area (Å²) in [7, 11) is 0. The Morgan fingerprint density at radius 1 is 1.18 bits per heavy atom. The Kier molecular flexibility index (Phi) is 2.57. The van der Waals surface area contributed by atoms with E-state index in [1.807, 2.05) is 18.2 Å². The zero-order chi connectivity index (χ0) is 11.8. The summed E-state index contributed by atoms with van der Waals surface area (Å²) in [5.41, 5.74) is 7.93. The van der Waals surface area contributed by atoms with Crippen molar-refractivity contribution < 1.29 is 0 Å². The molecule has 0 aliphatic carbocycles. The third kappa shape index (κ3) is 1.92. The molecule has 2 heterocycles. The normalized spacial score (nSPS) is 11.1. The van der Waals surface area contributed by atoms with Crippen LogP contribution in [0.5, 0.6) is 0 Å². The first kappa shape index (κ1) is 10.7. The van der Waals surface area contributed by atoms with Gasteiger partial charge in [0.1, 0.15) is 0 Å². The smallest absolute Gasteiger partial charge is 0.0931 e. The number of para-hydroxylation sites is 1. The van der Waals surface area contributed by atoms with Crippen molar-refractivity contribution in [1.29, 1.82) is 0 Å². The molecule has 0 saturated heterocycles. The summed E-state index contributed by atoms with van der Waals surface area (Å²) < 4.78 is 2.98. The summed E-state index contributed by atoms with van der Waals surface area (Å²) in [5, 5.41) is 1.17. The molecule has 0 bridgehead atoms. The molecule has 0 saturated carbocycles. The van der Waals surface area contributed by atoms with Gasteiger partial charge in [-0.05, 0) is 24.3 Å². The highest BCUT2D eigenvalue weighted by molar-refractivity contribution is 7.16. The molecule has 0 spiro atoms. The maximum Gasteiger partial charge on any atom is 0.0931 e. The molecular weight excluding hydrogens is 252 g/mol. The number of nitrogen functional groups attached to an aromatic ring is 1. The number of hydrogen-bond acceptors (Lipinski definition) is 2. The lowest BCUT2D eigenvalue weighted by Crippen LogP contribution is -1.98. The van der Waals surface area contributed by atoms with E-state index in [4.69, 9.17) is 17.3 Å². The summed E-state index contributed by atoms with van der Waals surface area (Å²) >= 11 is 7.54. The summed E-state index contributed by atoms with van der Waals surface area (Å²) in [4.78, 5) is 1.23. The van der Waals surface area contributed by atoms with Gasteiger partial charge in [0.2, 0.25) is 0 Å². The van der Waals surface area contributed by atoms with Crippen molar-refractivity contribution in [2.24, 2.45) is 0 Å². The van der Waals surface area contributed by atoms with E-state index in [-0.39, 0.29) is 0 Å². The maximum absolute atomic E-state index is 6.02. The molecule has 2 aromatic heterocycles. The van der Waals surface area contributed by atoms with Crippen molar-refractivity contribution in [3.63, 3.8) is 0 Å². The molecular formula is C13H11ClN2S. The minimum atomic E-state index is 0.815. The zero-order valence-electron chi connectivity index (χ0n) is 9.06. The number of fused-ring (bicyclic) bond motifs is 1. The van der Waals surface area contributed by atoms with Crippen LogP contribution in [0.2, 0.25) is 4.34 Å². The highest BCUT2D eigenvalue weighted by Crippen LogP contribution is 2.26. The van der Waals surface area contributed by atoms with Crippen molar-refractivity contribution in [2.45, 2.75) is 6.54 Å². The van der Waals surface area contributed by atoms with Crippen LogP contribution in [0.15, 0.2) is 42.6 Å². The molecule has 3 rings (SSSR count). The van der Waals surface area contributed by atoms with Crippen LogP contribution in [0.25, 0.3) is 10.9 Å². The van der Waals surface area contributed by atoms with E-state index >= 15 is 0 Å². The average Bonchev–Trinajstić information content (AvgIpc) is 2.88. The summed E-state index contributed by atoms with van der Waals surface area (Å²) in [6, 6.07) is 12.0. The fraction of sp³-hybridized carbons (Fsp3) is 0.0769. The Bertz CT molecular complexity index is 669. The predicted molar refractivity (Wildman–Crippen MR) is 74.8 cm³/mol. The Morgan fingerprint density at radius 2 is 2.06 bits per heavy atom. The molecule has 2 nitrogen and oxygen atoms in total. The van der Waals surface area contributed by atoms with Gasteiger partial charge in [-0.15, -0.1) is 11.3 Å². The summed E-state index contributed by atoms with van der Waals surface area (Å²) in [6.07, 6.45) is 2.06. The molecule has 1 aromatic carbocycles. The van der Waals surface area contributed by atoms with Gasteiger partial charge in [-0.3, -0.25) is 0 Å². The number of benzene rings is 1. The number of nitrogens with zero attached hydrogens (tertiary/aromatic N) is 1. The molecule has 17 heavy (non-hydrogen) atoms. The molecule has 3 aromatic rings. The Balaban J connectivity index is 2.06. The second-order valence-electron chi connectivity index (χ2n) is 3.93. The predicted octanol–water partition coefficient (Wildman–Crippen LogP) is 3.99. The lowest BCUT2D eigenvalue weighted by atomic mass is 10.2. The van der Waals surface area contributed by atoms with E-state index in [0.29, 0.717) is 0 Å². The Morgan fingerprint density at radius 3 is 2.82 bits per heavy atom. The molecule has 0 amide bonds. The number of rotatable bonds is 2. The standard InChI is InChI=1S/C13H11ClN2S/c14-12-5-4-10(17-12)8-16-7-6-9-2-1-3-11(15)13(9)16/h1-7H,8,15H2. The monoisotopic (exact) mass is 262 g/mol. The summed E-state index contributed by atoms with van der Waals surface area (Å²) in [5.74, 6) is 0. The van der Waals surface area contributed by atoms with Gasteiger partial charge in [0.15, 0.2) is 0 Å². The summed E-state index contributed by atoms with van der Waals surface area (Å²) in [6.45, 7) is 0.815. The van der Waals surface area contributed by atoms with Crippen molar-refractivity contribution >= 4 is 39.5 Å². The first-order valence-corrected chi connectivity index (χ1v) is 6.51. The Hall–Kier alpha value is -1.45. The lowest BCUT2D eigenvalue weighted by Gasteiger charge is -2.05. The van der Waals surface area contributed by atoms with Crippen molar-refractivity contribution in [3.05, 3.63) is 51.8 Å². The molecule has 0 aliphatic heterocycles. The first-order valence-electron chi connectivity index (χ1n) is 5.31. The Labute approximate surface area is 108 Å². The van der Waals surface area contributed by atoms with E-state index in [9.17, 15) is 0 Å². The van der Waals surface area contributed by atoms with Crippen molar-refractivity contribution in [2.75, 3.05) is 5.73 Å². The number of anilines is 1. The SMILES string of the molecule is Nc1cccc2ccn(Cc3ccc(Cl)s3)c12. The van der Waals surface area contributed by atoms with Crippen LogP contribution in [0.4, 0.5) is 5.69 Å². The lowest BCUT2D eigenvalue weighted by molar-refractivity contribution is 0.852. The van der Waals surface area contributed by atoms with E-state index in [1.54, 1.807) is 11.3 Å². The fourth-order valence-electron chi connectivity index (χ4n) is 2.03. The van der Waals surface area contributed by atoms with Gasteiger partial charge < -0.3 is 10.3 Å². The van der Waals surface area contributed by atoms with E-state index in [0.717, 1.165) is 22.1 Å². The molecule has 0 unspecified atom stereocenters. The minimum Gasteiger partial charge on any atom is -0.397 e. The number of hydrogen-bond donors (Lipinski definition) is 1. The average molecular weight is 263 g/mol. The van der Waals surface area contributed by atoms with E-state index in [1.165, 1.54) is 10.3 Å². The topological polar surface area (TPSA) is 30.9 Å². The van der Waals surface area contributed by atoms with Gasteiger partial charge >= 0.3 is 0 Å². The van der Waals surface area contributed by atoms with Gasteiger partial charge in [0, 0.05) is 16.5 Å². The molecule has 0 fully saturated rings. The van der Waals surface area contributed by atoms with Gasteiger partial charge in [0.05, 0.1) is 22.1 Å². The molecule has 4 heteroatoms.